The third-order valence-corrected chi connectivity index (χ3v) is 2.67. The van der Waals surface area contributed by atoms with Gasteiger partial charge in [0.25, 0.3) is 0 Å². The van der Waals surface area contributed by atoms with Crippen LogP contribution in [-0.4, -0.2) is 5.91 Å². The van der Waals surface area contributed by atoms with Gasteiger partial charge in [-0.1, -0.05) is 20.8 Å². The Labute approximate surface area is 55.4 Å². The molecule has 1 radical (unpaired) electrons. The highest BCUT2D eigenvalue weighted by molar-refractivity contribution is 5.84. The summed E-state index contributed by atoms with van der Waals surface area (Å²) in [4.78, 5) is 10.6. The highest BCUT2D eigenvalue weighted by atomic mass is 16.1. The van der Waals surface area contributed by atoms with Gasteiger partial charge in [-0.3, -0.25) is 10.5 Å². The van der Waals surface area contributed by atoms with Crippen LogP contribution < -0.4 is 5.73 Å². The molecule has 51 valence electrons. The summed E-state index contributed by atoms with van der Waals surface area (Å²) in [6.45, 7) is 5.92. The third kappa shape index (κ3) is 0.655. The Balaban J connectivity index is 2.74. The lowest BCUT2D eigenvalue weighted by molar-refractivity contribution is -0.124. The molecule has 1 atom stereocenters. The van der Waals surface area contributed by atoms with E-state index in [0.29, 0.717) is 0 Å². The summed E-state index contributed by atoms with van der Waals surface area (Å²) in [5, 5.41) is 0. The Morgan fingerprint density at radius 1 is 1.44 bits per heavy atom. The SMILES string of the molecule is CC1(C)CC1(C)C([NH])=O. The van der Waals surface area contributed by atoms with E-state index in [1.165, 1.54) is 0 Å². The summed E-state index contributed by atoms with van der Waals surface area (Å²) < 4.78 is 0. The Bertz CT molecular complexity index is 162. The average molecular weight is 126 g/mol. The first kappa shape index (κ1) is 6.59. The minimum absolute atomic E-state index is 0.0891. The molecule has 2 nitrogen and oxygen atoms in total. The second-order valence-corrected chi connectivity index (χ2v) is 3.72. The van der Waals surface area contributed by atoms with Crippen molar-refractivity contribution in [3.05, 3.63) is 0 Å². The van der Waals surface area contributed by atoms with Gasteiger partial charge in [0.15, 0.2) is 0 Å². The summed E-state index contributed by atoms with van der Waals surface area (Å²) in [6, 6.07) is 0. The second-order valence-electron chi connectivity index (χ2n) is 3.72. The van der Waals surface area contributed by atoms with Crippen LogP contribution in [0.2, 0.25) is 0 Å². The van der Waals surface area contributed by atoms with Crippen molar-refractivity contribution in [3.8, 4) is 0 Å². The summed E-state index contributed by atoms with van der Waals surface area (Å²) in [6.07, 6.45) is 0.877. The van der Waals surface area contributed by atoms with Gasteiger partial charge in [0.1, 0.15) is 0 Å². The van der Waals surface area contributed by atoms with Crippen LogP contribution >= 0.6 is 0 Å². The van der Waals surface area contributed by atoms with Crippen LogP contribution in [0, 0.1) is 10.8 Å². The van der Waals surface area contributed by atoms with Gasteiger partial charge in [-0.05, 0) is 11.8 Å². The molecule has 0 aromatic carbocycles. The van der Waals surface area contributed by atoms with Crippen LogP contribution in [0.15, 0.2) is 0 Å². The number of hydrogen-bond donors (Lipinski definition) is 0. The number of hydrogen-bond acceptors (Lipinski definition) is 1. The molecule has 0 aromatic heterocycles. The molecule has 1 N–H and O–H groups in total. The van der Waals surface area contributed by atoms with Crippen LogP contribution in [0.5, 0.6) is 0 Å². The molecule has 1 fully saturated rings. The molecule has 2 heteroatoms. The fourth-order valence-electron chi connectivity index (χ4n) is 1.23. The molecule has 1 rings (SSSR count). The Hall–Kier alpha value is -0.530. The fraction of sp³-hybridized carbons (Fsp3) is 0.857. The predicted molar refractivity (Wildman–Crippen MR) is 34.6 cm³/mol. The lowest BCUT2D eigenvalue weighted by Crippen LogP contribution is -2.17. The van der Waals surface area contributed by atoms with E-state index >= 15 is 0 Å². The van der Waals surface area contributed by atoms with Gasteiger partial charge < -0.3 is 0 Å². The Morgan fingerprint density at radius 2 is 1.78 bits per heavy atom. The van der Waals surface area contributed by atoms with E-state index < -0.39 is 5.91 Å². The van der Waals surface area contributed by atoms with Crippen LogP contribution in [0.3, 0.4) is 0 Å². The van der Waals surface area contributed by atoms with Gasteiger partial charge in [0, 0.05) is 0 Å². The first-order valence-corrected chi connectivity index (χ1v) is 3.16. The molecule has 1 aliphatic rings. The highest BCUT2D eigenvalue weighted by Crippen LogP contribution is 2.62. The number of carbonyl (C=O) groups excluding carboxylic acids is 1. The van der Waals surface area contributed by atoms with E-state index in [0.717, 1.165) is 6.42 Å². The molecule has 1 saturated carbocycles. The standard InChI is InChI=1S/C7H12NO/c1-6(2)4-7(6,3)5(8)9/h8H,4H2,1-3H3. The first-order chi connectivity index (χ1) is 3.90. The van der Waals surface area contributed by atoms with Gasteiger partial charge >= 0.3 is 0 Å². The van der Waals surface area contributed by atoms with E-state index in [2.05, 4.69) is 0 Å². The zero-order chi connectivity index (χ0) is 7.28. The molecule has 0 heterocycles. The topological polar surface area (TPSA) is 40.9 Å². The number of nitrogens with one attached hydrogen (secondary N) is 1. The van der Waals surface area contributed by atoms with Crippen LogP contribution in [0.4, 0.5) is 0 Å². The molecule has 0 spiro atoms. The average Bonchev–Trinajstić information content (AvgIpc) is 2.08. The predicted octanol–water partition coefficient (Wildman–Crippen LogP) is 1.23. The van der Waals surface area contributed by atoms with Crippen LogP contribution in [-0.2, 0) is 4.79 Å². The van der Waals surface area contributed by atoms with Crippen molar-refractivity contribution in [2.75, 3.05) is 0 Å². The fourth-order valence-corrected chi connectivity index (χ4v) is 1.23. The number of amides is 1. The first-order valence-electron chi connectivity index (χ1n) is 3.16. The molecular formula is C7H12NO. The Kier molecular flexibility index (Phi) is 0.956. The summed E-state index contributed by atoms with van der Waals surface area (Å²) in [5.74, 6) is -0.410. The van der Waals surface area contributed by atoms with E-state index in [9.17, 15) is 4.79 Å². The van der Waals surface area contributed by atoms with Gasteiger partial charge in [-0.15, -0.1) is 0 Å². The summed E-state index contributed by atoms with van der Waals surface area (Å²) >= 11 is 0. The molecule has 9 heavy (non-hydrogen) atoms. The maximum Gasteiger partial charge on any atom is 0.244 e. The maximum atomic E-state index is 10.6. The molecule has 1 aliphatic carbocycles. The quantitative estimate of drug-likeness (QED) is 0.521. The molecule has 0 bridgehead atoms. The van der Waals surface area contributed by atoms with E-state index in [-0.39, 0.29) is 10.8 Å². The van der Waals surface area contributed by atoms with Crippen molar-refractivity contribution in [1.82, 2.24) is 5.73 Å². The summed E-state index contributed by atoms with van der Waals surface area (Å²) in [5.41, 5.74) is 6.67. The van der Waals surface area contributed by atoms with Crippen molar-refractivity contribution in [1.29, 1.82) is 0 Å². The van der Waals surface area contributed by atoms with Crippen molar-refractivity contribution >= 4 is 5.91 Å². The minimum atomic E-state index is -0.410. The highest BCUT2D eigenvalue weighted by Gasteiger charge is 2.61. The number of carbonyl (C=O) groups is 1. The molecule has 1 unspecified atom stereocenters. The lowest BCUT2D eigenvalue weighted by atomic mass is 9.98. The number of rotatable bonds is 1. The van der Waals surface area contributed by atoms with Gasteiger partial charge in [0.05, 0.1) is 5.41 Å². The van der Waals surface area contributed by atoms with Crippen molar-refractivity contribution in [2.24, 2.45) is 10.8 Å². The van der Waals surface area contributed by atoms with Crippen LogP contribution in [0.1, 0.15) is 27.2 Å². The van der Waals surface area contributed by atoms with Gasteiger partial charge in [0.2, 0.25) is 5.91 Å². The largest absolute Gasteiger partial charge is 0.273 e. The summed E-state index contributed by atoms with van der Waals surface area (Å²) in [7, 11) is 0. The maximum absolute atomic E-state index is 10.6. The lowest BCUT2D eigenvalue weighted by Gasteiger charge is -2.07. The molecular weight excluding hydrogens is 114 g/mol. The van der Waals surface area contributed by atoms with Crippen molar-refractivity contribution in [2.45, 2.75) is 27.2 Å². The monoisotopic (exact) mass is 126 g/mol. The molecule has 0 saturated heterocycles. The molecule has 0 aliphatic heterocycles. The van der Waals surface area contributed by atoms with Crippen molar-refractivity contribution < 1.29 is 4.79 Å². The molecule has 0 aromatic rings. The van der Waals surface area contributed by atoms with Gasteiger partial charge in [-0.2, -0.15) is 0 Å². The van der Waals surface area contributed by atoms with E-state index in [4.69, 9.17) is 5.73 Å². The molecule has 1 amide bonds. The van der Waals surface area contributed by atoms with Crippen molar-refractivity contribution in [3.63, 3.8) is 0 Å². The normalized spacial score (nSPS) is 38.1. The smallest absolute Gasteiger partial charge is 0.244 e. The van der Waals surface area contributed by atoms with Crippen LogP contribution in [0.25, 0.3) is 0 Å². The second kappa shape index (κ2) is 1.31. The van der Waals surface area contributed by atoms with Gasteiger partial charge in [-0.25, -0.2) is 0 Å². The minimum Gasteiger partial charge on any atom is -0.273 e. The zero-order valence-electron chi connectivity index (χ0n) is 6.12. The van der Waals surface area contributed by atoms with E-state index in [1.54, 1.807) is 0 Å². The third-order valence-electron chi connectivity index (χ3n) is 2.67. The zero-order valence-corrected chi connectivity index (χ0v) is 6.12. The Morgan fingerprint density at radius 3 is 1.78 bits per heavy atom. The van der Waals surface area contributed by atoms with E-state index in [1.807, 2.05) is 20.8 Å².